The highest BCUT2D eigenvalue weighted by Gasteiger charge is 2.11. The van der Waals surface area contributed by atoms with E-state index in [9.17, 15) is 9.18 Å². The number of benzene rings is 2. The number of amides is 1. The van der Waals surface area contributed by atoms with Crippen molar-refractivity contribution in [1.82, 2.24) is 5.32 Å². The number of hydrogen-bond donors (Lipinski definition) is 1. The summed E-state index contributed by atoms with van der Waals surface area (Å²) in [6.45, 7) is 4.32. The van der Waals surface area contributed by atoms with E-state index in [2.05, 4.69) is 12.2 Å². The molecule has 2 nitrogen and oxygen atoms in total. The van der Waals surface area contributed by atoms with Gasteiger partial charge in [0.05, 0.1) is 5.56 Å². The monoisotopic (exact) mass is 271 g/mol. The third kappa shape index (κ3) is 3.23. The van der Waals surface area contributed by atoms with Crippen LogP contribution in [0.25, 0.3) is 0 Å². The van der Waals surface area contributed by atoms with Crippen LogP contribution in [0.4, 0.5) is 4.39 Å². The Balaban J connectivity index is 2.11. The summed E-state index contributed by atoms with van der Waals surface area (Å²) in [5.41, 5.74) is 3.22. The quantitative estimate of drug-likeness (QED) is 0.904. The van der Waals surface area contributed by atoms with Crippen LogP contribution in [0.15, 0.2) is 42.5 Å². The summed E-state index contributed by atoms with van der Waals surface area (Å²) in [6.07, 6.45) is 0.908. The van der Waals surface area contributed by atoms with E-state index in [4.69, 9.17) is 0 Å². The first-order valence-electron chi connectivity index (χ1n) is 6.73. The molecule has 1 N–H and O–H groups in total. The second kappa shape index (κ2) is 6.33. The molecule has 1 amide bonds. The van der Waals surface area contributed by atoms with Crippen LogP contribution in [0.2, 0.25) is 0 Å². The number of rotatable bonds is 4. The number of nitrogens with one attached hydrogen (secondary N) is 1. The second-order valence-electron chi connectivity index (χ2n) is 4.79. The summed E-state index contributed by atoms with van der Waals surface area (Å²) in [4.78, 5) is 12.0. The standard InChI is InChI=1S/C17H18FNO/c1-3-13-6-4-5-7-14(13)11-19-17(20)15-10-12(2)8-9-16(15)18/h4-10H,3,11H2,1-2H3,(H,19,20). The molecule has 0 saturated heterocycles. The van der Waals surface area contributed by atoms with Crippen LogP contribution in [-0.2, 0) is 13.0 Å². The zero-order valence-corrected chi connectivity index (χ0v) is 11.7. The largest absolute Gasteiger partial charge is 0.348 e. The Morgan fingerprint density at radius 1 is 1.15 bits per heavy atom. The summed E-state index contributed by atoms with van der Waals surface area (Å²) in [7, 11) is 0. The molecule has 0 aliphatic rings. The van der Waals surface area contributed by atoms with Crippen molar-refractivity contribution in [2.45, 2.75) is 26.8 Å². The highest BCUT2D eigenvalue weighted by Crippen LogP contribution is 2.12. The van der Waals surface area contributed by atoms with Crippen LogP contribution in [0.1, 0.15) is 34.0 Å². The maximum Gasteiger partial charge on any atom is 0.254 e. The second-order valence-corrected chi connectivity index (χ2v) is 4.79. The molecule has 104 valence electrons. The number of hydrogen-bond acceptors (Lipinski definition) is 1. The van der Waals surface area contributed by atoms with Gasteiger partial charge >= 0.3 is 0 Å². The van der Waals surface area contributed by atoms with Gasteiger partial charge in [-0.2, -0.15) is 0 Å². The molecule has 0 heterocycles. The number of carbonyl (C=O) groups is 1. The predicted octanol–water partition coefficient (Wildman–Crippen LogP) is 3.63. The van der Waals surface area contributed by atoms with Crippen molar-refractivity contribution in [3.63, 3.8) is 0 Å². The van der Waals surface area contributed by atoms with Gasteiger partial charge in [-0.05, 0) is 36.6 Å². The average molecular weight is 271 g/mol. The third-order valence-corrected chi connectivity index (χ3v) is 3.31. The van der Waals surface area contributed by atoms with Crippen LogP contribution in [-0.4, -0.2) is 5.91 Å². The fraction of sp³-hybridized carbons (Fsp3) is 0.235. The fourth-order valence-electron chi connectivity index (χ4n) is 2.16. The SMILES string of the molecule is CCc1ccccc1CNC(=O)c1cc(C)ccc1F. The van der Waals surface area contributed by atoms with Gasteiger partial charge in [-0.3, -0.25) is 4.79 Å². The van der Waals surface area contributed by atoms with E-state index in [0.717, 1.165) is 17.5 Å². The van der Waals surface area contributed by atoms with Crippen LogP contribution in [0, 0.1) is 12.7 Å². The number of carbonyl (C=O) groups excluding carboxylic acids is 1. The molecule has 0 unspecified atom stereocenters. The van der Waals surface area contributed by atoms with Gasteiger partial charge in [0.2, 0.25) is 0 Å². The van der Waals surface area contributed by atoms with Crippen molar-refractivity contribution in [3.05, 3.63) is 70.5 Å². The Kier molecular flexibility index (Phi) is 4.51. The van der Waals surface area contributed by atoms with E-state index in [-0.39, 0.29) is 11.5 Å². The minimum Gasteiger partial charge on any atom is -0.348 e. The summed E-state index contributed by atoms with van der Waals surface area (Å²) in [5.74, 6) is -0.867. The van der Waals surface area contributed by atoms with Gasteiger partial charge in [-0.15, -0.1) is 0 Å². The lowest BCUT2D eigenvalue weighted by molar-refractivity contribution is 0.0946. The highest BCUT2D eigenvalue weighted by atomic mass is 19.1. The molecular formula is C17H18FNO. The molecule has 2 rings (SSSR count). The molecule has 0 fully saturated rings. The summed E-state index contributed by atoms with van der Waals surface area (Å²) < 4.78 is 13.6. The van der Waals surface area contributed by atoms with Gasteiger partial charge in [-0.1, -0.05) is 42.8 Å². The molecule has 2 aromatic carbocycles. The Morgan fingerprint density at radius 3 is 2.55 bits per heavy atom. The van der Waals surface area contributed by atoms with Crippen LogP contribution in [0.3, 0.4) is 0 Å². The van der Waals surface area contributed by atoms with Crippen LogP contribution < -0.4 is 5.32 Å². The molecule has 0 aliphatic heterocycles. The van der Waals surface area contributed by atoms with E-state index < -0.39 is 5.82 Å². The van der Waals surface area contributed by atoms with Crippen LogP contribution in [0.5, 0.6) is 0 Å². The molecule has 20 heavy (non-hydrogen) atoms. The fourth-order valence-corrected chi connectivity index (χ4v) is 2.16. The molecule has 0 bridgehead atoms. The molecule has 0 atom stereocenters. The lowest BCUT2D eigenvalue weighted by atomic mass is 10.1. The normalized spacial score (nSPS) is 10.3. The van der Waals surface area contributed by atoms with Gasteiger partial charge in [0.1, 0.15) is 5.82 Å². The van der Waals surface area contributed by atoms with Crippen molar-refractivity contribution in [1.29, 1.82) is 0 Å². The summed E-state index contributed by atoms with van der Waals surface area (Å²) >= 11 is 0. The van der Waals surface area contributed by atoms with Gasteiger partial charge in [0.15, 0.2) is 0 Å². The molecule has 0 radical (unpaired) electrons. The minimum atomic E-state index is -0.489. The zero-order chi connectivity index (χ0) is 14.5. The lowest BCUT2D eigenvalue weighted by Crippen LogP contribution is -2.24. The number of aryl methyl sites for hydroxylation is 2. The Morgan fingerprint density at radius 2 is 1.85 bits per heavy atom. The maximum absolute atomic E-state index is 13.6. The Bertz CT molecular complexity index is 622. The van der Waals surface area contributed by atoms with E-state index in [0.29, 0.717) is 6.54 Å². The van der Waals surface area contributed by atoms with Crippen LogP contribution >= 0.6 is 0 Å². The van der Waals surface area contributed by atoms with Crippen molar-refractivity contribution in [2.75, 3.05) is 0 Å². The zero-order valence-electron chi connectivity index (χ0n) is 11.7. The van der Waals surface area contributed by atoms with Gasteiger partial charge in [0.25, 0.3) is 5.91 Å². The first kappa shape index (κ1) is 14.3. The van der Waals surface area contributed by atoms with E-state index >= 15 is 0 Å². The van der Waals surface area contributed by atoms with Gasteiger partial charge in [-0.25, -0.2) is 4.39 Å². The Labute approximate surface area is 118 Å². The smallest absolute Gasteiger partial charge is 0.254 e. The van der Waals surface area contributed by atoms with Crippen molar-refractivity contribution < 1.29 is 9.18 Å². The summed E-state index contributed by atoms with van der Waals surface area (Å²) in [5, 5.41) is 2.78. The topological polar surface area (TPSA) is 29.1 Å². The predicted molar refractivity (Wildman–Crippen MR) is 78.1 cm³/mol. The van der Waals surface area contributed by atoms with E-state index in [1.807, 2.05) is 31.2 Å². The van der Waals surface area contributed by atoms with E-state index in [1.54, 1.807) is 12.1 Å². The maximum atomic E-state index is 13.6. The Hall–Kier alpha value is -2.16. The van der Waals surface area contributed by atoms with Gasteiger partial charge in [0, 0.05) is 6.54 Å². The van der Waals surface area contributed by atoms with Crippen molar-refractivity contribution in [3.8, 4) is 0 Å². The highest BCUT2D eigenvalue weighted by molar-refractivity contribution is 5.94. The lowest BCUT2D eigenvalue weighted by Gasteiger charge is -2.10. The molecule has 0 aromatic heterocycles. The van der Waals surface area contributed by atoms with Crippen molar-refractivity contribution in [2.24, 2.45) is 0 Å². The molecule has 2 aromatic rings. The van der Waals surface area contributed by atoms with Gasteiger partial charge < -0.3 is 5.32 Å². The molecule has 0 aliphatic carbocycles. The van der Waals surface area contributed by atoms with Crippen molar-refractivity contribution >= 4 is 5.91 Å². The summed E-state index contributed by atoms with van der Waals surface area (Å²) in [6, 6.07) is 12.5. The minimum absolute atomic E-state index is 0.0963. The first-order chi connectivity index (χ1) is 9.61. The molecular weight excluding hydrogens is 253 g/mol. The molecule has 3 heteroatoms. The third-order valence-electron chi connectivity index (χ3n) is 3.31. The first-order valence-corrected chi connectivity index (χ1v) is 6.73. The number of halogens is 1. The average Bonchev–Trinajstić information content (AvgIpc) is 2.47. The van der Waals surface area contributed by atoms with E-state index in [1.165, 1.54) is 11.6 Å². The molecule has 0 saturated carbocycles. The molecule has 0 spiro atoms.